The maximum absolute atomic E-state index is 11.0. The third-order valence-corrected chi connectivity index (χ3v) is 5.39. The number of ether oxygens (including phenoxy) is 1. The summed E-state index contributed by atoms with van der Waals surface area (Å²) in [7, 11) is 0. The molecular weight excluding hydrogens is 372 g/mol. The Morgan fingerprint density at radius 1 is 1.11 bits per heavy atom. The van der Waals surface area contributed by atoms with Crippen molar-refractivity contribution < 1.29 is 4.74 Å². The van der Waals surface area contributed by atoms with Crippen LogP contribution in [0.2, 0.25) is 0 Å². The quantitative estimate of drug-likeness (QED) is 0.474. The Morgan fingerprint density at radius 3 is 2.46 bits per heavy atom. The number of anilines is 2. The lowest BCUT2D eigenvalue weighted by Crippen LogP contribution is -2.00. The number of para-hydroxylation sites is 1. The number of aromatic nitrogens is 2. The fraction of sp³-hybridized carbons (Fsp3) is 0.333. The van der Waals surface area contributed by atoms with E-state index in [9.17, 15) is 4.91 Å². The molecule has 0 saturated heterocycles. The van der Waals surface area contributed by atoms with Gasteiger partial charge in [-0.1, -0.05) is 43.4 Å². The number of aryl methyl sites for hydroxylation is 3. The third kappa shape index (κ3) is 4.36. The summed E-state index contributed by atoms with van der Waals surface area (Å²) in [5, 5.41) is 16.4. The zero-order chi connectivity index (χ0) is 20.3. The smallest absolute Gasteiger partial charge is 0.210 e. The van der Waals surface area contributed by atoms with Gasteiger partial charge in [0.1, 0.15) is 18.0 Å². The third-order valence-electron chi connectivity index (χ3n) is 4.58. The molecule has 0 fully saturated rings. The number of nitroso groups, excluding NO2 is 1. The summed E-state index contributed by atoms with van der Waals surface area (Å²) >= 11 is 1.46. The first-order valence-electron chi connectivity index (χ1n) is 9.15. The van der Waals surface area contributed by atoms with Crippen molar-refractivity contribution in [2.75, 3.05) is 5.32 Å². The summed E-state index contributed by atoms with van der Waals surface area (Å²) < 4.78 is 6.01. The van der Waals surface area contributed by atoms with Crippen LogP contribution in [0.4, 0.5) is 16.5 Å². The van der Waals surface area contributed by atoms with Crippen molar-refractivity contribution in [1.82, 2.24) is 10.2 Å². The second-order valence-corrected chi connectivity index (χ2v) is 8.17. The van der Waals surface area contributed by atoms with E-state index in [-0.39, 0.29) is 5.92 Å². The van der Waals surface area contributed by atoms with Crippen molar-refractivity contribution in [1.29, 1.82) is 0 Å². The summed E-state index contributed by atoms with van der Waals surface area (Å²) in [5.41, 5.74) is 5.58. The van der Waals surface area contributed by atoms with Crippen molar-refractivity contribution in [3.8, 4) is 5.75 Å². The van der Waals surface area contributed by atoms with Gasteiger partial charge in [0.05, 0.1) is 0 Å². The van der Waals surface area contributed by atoms with E-state index in [2.05, 4.69) is 60.5 Å². The predicted molar refractivity (Wildman–Crippen MR) is 114 cm³/mol. The lowest BCUT2D eigenvalue weighted by molar-refractivity contribution is 0.300. The van der Waals surface area contributed by atoms with Crippen LogP contribution >= 0.6 is 11.3 Å². The van der Waals surface area contributed by atoms with E-state index in [1.165, 1.54) is 11.3 Å². The van der Waals surface area contributed by atoms with Crippen LogP contribution < -0.4 is 10.1 Å². The highest BCUT2D eigenvalue weighted by atomic mass is 32.1. The Labute approximate surface area is 169 Å². The van der Waals surface area contributed by atoms with Crippen LogP contribution in [0.15, 0.2) is 35.5 Å². The molecule has 0 bridgehead atoms. The molecule has 6 nitrogen and oxygen atoms in total. The lowest BCUT2D eigenvalue weighted by Gasteiger charge is -2.15. The van der Waals surface area contributed by atoms with Gasteiger partial charge in [0.2, 0.25) is 5.13 Å². The maximum atomic E-state index is 11.0. The molecule has 0 saturated carbocycles. The van der Waals surface area contributed by atoms with E-state index in [0.717, 1.165) is 43.8 Å². The van der Waals surface area contributed by atoms with Gasteiger partial charge in [0, 0.05) is 5.69 Å². The molecule has 7 heteroatoms. The molecule has 146 valence electrons. The van der Waals surface area contributed by atoms with E-state index in [0.29, 0.717) is 12.3 Å². The number of benzene rings is 2. The van der Waals surface area contributed by atoms with Crippen LogP contribution in [0.1, 0.15) is 47.0 Å². The Balaban J connectivity index is 1.74. The number of nitrogens with zero attached hydrogens (tertiary/aromatic N) is 3. The molecular formula is C21H24N4O2S. The van der Waals surface area contributed by atoms with Gasteiger partial charge in [0.15, 0.2) is 5.01 Å². The normalized spacial score (nSPS) is 10.9. The minimum absolute atomic E-state index is 0.215. The zero-order valence-corrected chi connectivity index (χ0v) is 17.6. The molecule has 3 rings (SSSR count). The monoisotopic (exact) mass is 396 g/mol. The average Bonchev–Trinajstić information content (AvgIpc) is 3.10. The van der Waals surface area contributed by atoms with E-state index < -0.39 is 0 Å². The fourth-order valence-corrected chi connectivity index (χ4v) is 3.64. The zero-order valence-electron chi connectivity index (χ0n) is 16.7. The first-order chi connectivity index (χ1) is 13.4. The van der Waals surface area contributed by atoms with Crippen LogP contribution in [-0.2, 0) is 6.61 Å². The van der Waals surface area contributed by atoms with Gasteiger partial charge in [-0.2, -0.15) is 0 Å². The van der Waals surface area contributed by atoms with Gasteiger partial charge < -0.3 is 10.1 Å². The molecule has 1 aromatic heterocycles. The van der Waals surface area contributed by atoms with Crippen molar-refractivity contribution in [2.24, 2.45) is 5.18 Å². The van der Waals surface area contributed by atoms with E-state index in [1.807, 2.05) is 19.1 Å². The maximum Gasteiger partial charge on any atom is 0.210 e. The first kappa shape index (κ1) is 19.9. The molecule has 0 amide bonds. The molecule has 0 aliphatic heterocycles. The van der Waals surface area contributed by atoms with Crippen LogP contribution in [0.25, 0.3) is 0 Å². The predicted octanol–water partition coefficient (Wildman–Crippen LogP) is 6.31. The lowest BCUT2D eigenvalue weighted by atomic mass is 9.99. The molecule has 0 unspecified atom stereocenters. The molecule has 0 atom stereocenters. The summed E-state index contributed by atoms with van der Waals surface area (Å²) in [6.45, 7) is 10.4. The number of hydrogen-bond acceptors (Lipinski definition) is 7. The van der Waals surface area contributed by atoms with Gasteiger partial charge in [-0.25, -0.2) is 0 Å². The van der Waals surface area contributed by atoms with Crippen LogP contribution in [0.3, 0.4) is 0 Å². The summed E-state index contributed by atoms with van der Waals surface area (Å²) in [6, 6.07) is 9.83. The molecule has 0 radical (unpaired) electrons. The average molecular weight is 397 g/mol. The van der Waals surface area contributed by atoms with Crippen molar-refractivity contribution >= 4 is 27.8 Å². The number of rotatable bonds is 7. The highest BCUT2D eigenvalue weighted by Gasteiger charge is 2.14. The molecule has 3 aromatic rings. The number of hydrogen-bond donors (Lipinski definition) is 1. The molecule has 28 heavy (non-hydrogen) atoms. The molecule has 0 aliphatic rings. The molecule has 1 heterocycles. The van der Waals surface area contributed by atoms with Gasteiger partial charge in [-0.3, -0.25) is 0 Å². The van der Waals surface area contributed by atoms with Crippen LogP contribution in [0, 0.1) is 25.7 Å². The Bertz CT molecular complexity index is 978. The van der Waals surface area contributed by atoms with Crippen LogP contribution in [0.5, 0.6) is 5.75 Å². The highest BCUT2D eigenvalue weighted by molar-refractivity contribution is 7.15. The molecule has 0 spiro atoms. The summed E-state index contributed by atoms with van der Waals surface area (Å²) in [6.07, 6.45) is 0. The van der Waals surface area contributed by atoms with Gasteiger partial charge in [-0.15, -0.1) is 15.1 Å². The largest absolute Gasteiger partial charge is 0.486 e. The van der Waals surface area contributed by atoms with Crippen molar-refractivity contribution in [3.05, 3.63) is 62.5 Å². The SMILES string of the molecule is Cc1cc(OCc2nnc(Nc3c(C)cccc3C)s2)c(C(C)C)cc1N=O. The topological polar surface area (TPSA) is 76.5 Å². The van der Waals surface area contributed by atoms with Gasteiger partial charge >= 0.3 is 0 Å². The van der Waals surface area contributed by atoms with Crippen LogP contribution in [-0.4, -0.2) is 10.2 Å². The van der Waals surface area contributed by atoms with E-state index in [4.69, 9.17) is 4.74 Å². The molecule has 1 N–H and O–H groups in total. The number of nitrogens with one attached hydrogen (secondary N) is 1. The first-order valence-corrected chi connectivity index (χ1v) is 9.97. The minimum Gasteiger partial charge on any atom is -0.486 e. The second kappa shape index (κ2) is 8.48. The Hall–Kier alpha value is -2.80. The van der Waals surface area contributed by atoms with E-state index >= 15 is 0 Å². The Kier molecular flexibility index (Phi) is 6.04. The second-order valence-electron chi connectivity index (χ2n) is 7.10. The molecule has 0 aliphatic carbocycles. The van der Waals surface area contributed by atoms with Gasteiger partial charge in [0.25, 0.3) is 0 Å². The highest BCUT2D eigenvalue weighted by Crippen LogP contribution is 2.34. The standard InChI is InChI=1S/C21H24N4O2S/c1-12(2)16-10-17(25-26)15(5)9-18(16)27-11-19-23-24-21(28-19)22-20-13(3)7-6-8-14(20)4/h6-10,12H,11H2,1-5H3,(H,22,24). The fourth-order valence-electron chi connectivity index (χ4n) is 2.98. The van der Waals surface area contributed by atoms with Crippen molar-refractivity contribution in [2.45, 2.75) is 47.1 Å². The Morgan fingerprint density at radius 2 is 1.82 bits per heavy atom. The molecule has 2 aromatic carbocycles. The summed E-state index contributed by atoms with van der Waals surface area (Å²) in [4.78, 5) is 11.0. The van der Waals surface area contributed by atoms with Crippen molar-refractivity contribution in [3.63, 3.8) is 0 Å². The minimum atomic E-state index is 0.215. The van der Waals surface area contributed by atoms with E-state index in [1.54, 1.807) is 6.07 Å². The summed E-state index contributed by atoms with van der Waals surface area (Å²) in [5.74, 6) is 0.964. The van der Waals surface area contributed by atoms with Gasteiger partial charge in [-0.05, 0) is 66.3 Å².